The smallest absolute Gasteiger partial charge is 0.0616 e. The number of hydrogen-bond acceptors (Lipinski definition) is 0. The maximum atomic E-state index is 6.53. The molecule has 3 atom stereocenters. The fourth-order valence-electron chi connectivity index (χ4n) is 2.54. The zero-order chi connectivity index (χ0) is 11.7. The molecule has 1 aromatic carbocycles. The third kappa shape index (κ3) is 2.50. The summed E-state index contributed by atoms with van der Waals surface area (Å²) in [5, 5.41) is 1.25. The van der Waals surface area contributed by atoms with Gasteiger partial charge in [0, 0.05) is 0 Å². The highest BCUT2D eigenvalue weighted by atomic mass is 35.5. The van der Waals surface area contributed by atoms with E-state index in [1.54, 1.807) is 0 Å². The van der Waals surface area contributed by atoms with Crippen LogP contribution in [-0.2, 0) is 0 Å². The molecular formula is C13H15Cl3. The van der Waals surface area contributed by atoms with Crippen molar-refractivity contribution in [2.75, 3.05) is 0 Å². The van der Waals surface area contributed by atoms with Crippen LogP contribution in [0.4, 0.5) is 0 Å². The molecule has 0 radical (unpaired) electrons. The molecule has 0 amide bonds. The Labute approximate surface area is 112 Å². The number of halogens is 3. The van der Waals surface area contributed by atoms with Crippen molar-refractivity contribution in [3.63, 3.8) is 0 Å². The Bertz CT molecular complexity index is 375. The molecule has 0 heterocycles. The quantitative estimate of drug-likeness (QED) is 0.607. The van der Waals surface area contributed by atoms with Gasteiger partial charge in [-0.05, 0) is 36.0 Å². The van der Waals surface area contributed by atoms with Crippen molar-refractivity contribution in [3.8, 4) is 0 Å². The van der Waals surface area contributed by atoms with E-state index in [1.807, 2.05) is 18.2 Å². The summed E-state index contributed by atoms with van der Waals surface area (Å²) in [5.74, 6) is 1.27. The molecule has 0 bridgehead atoms. The molecular weight excluding hydrogens is 263 g/mol. The van der Waals surface area contributed by atoms with Gasteiger partial charge in [0.1, 0.15) is 0 Å². The summed E-state index contributed by atoms with van der Waals surface area (Å²) in [6, 6.07) is 5.71. The van der Waals surface area contributed by atoms with E-state index >= 15 is 0 Å². The van der Waals surface area contributed by atoms with Crippen LogP contribution in [0.5, 0.6) is 0 Å². The molecule has 1 aliphatic rings. The van der Waals surface area contributed by atoms with E-state index in [0.29, 0.717) is 21.9 Å². The van der Waals surface area contributed by atoms with E-state index < -0.39 is 0 Å². The molecule has 16 heavy (non-hydrogen) atoms. The fourth-order valence-corrected chi connectivity index (χ4v) is 3.36. The van der Waals surface area contributed by atoms with Crippen molar-refractivity contribution in [3.05, 3.63) is 33.8 Å². The summed E-state index contributed by atoms with van der Waals surface area (Å²) in [4.78, 5) is 0. The van der Waals surface area contributed by atoms with E-state index in [4.69, 9.17) is 34.8 Å². The van der Waals surface area contributed by atoms with Crippen LogP contribution in [0.1, 0.15) is 37.1 Å². The van der Waals surface area contributed by atoms with E-state index in [0.717, 1.165) is 5.56 Å². The van der Waals surface area contributed by atoms with Crippen LogP contribution in [0.15, 0.2) is 18.2 Å². The average molecular weight is 278 g/mol. The Balaban J connectivity index is 2.20. The van der Waals surface area contributed by atoms with E-state index in [9.17, 15) is 0 Å². The minimum absolute atomic E-state index is 0.0623. The van der Waals surface area contributed by atoms with Crippen LogP contribution in [0, 0.1) is 11.8 Å². The lowest BCUT2D eigenvalue weighted by molar-refractivity contribution is 0.406. The van der Waals surface area contributed by atoms with Crippen molar-refractivity contribution < 1.29 is 0 Å². The first-order valence-electron chi connectivity index (χ1n) is 5.68. The van der Waals surface area contributed by atoms with Gasteiger partial charge < -0.3 is 0 Å². The van der Waals surface area contributed by atoms with Crippen molar-refractivity contribution in [1.29, 1.82) is 0 Å². The third-order valence-corrected chi connectivity index (χ3v) is 4.88. The average Bonchev–Trinajstić information content (AvgIpc) is 2.67. The summed E-state index contributed by atoms with van der Waals surface area (Å²) in [6.45, 7) is 2.28. The number of alkyl halides is 1. The Morgan fingerprint density at radius 2 is 1.94 bits per heavy atom. The Morgan fingerprint density at radius 3 is 2.50 bits per heavy atom. The Morgan fingerprint density at radius 1 is 1.19 bits per heavy atom. The van der Waals surface area contributed by atoms with Gasteiger partial charge in [-0.15, -0.1) is 11.6 Å². The third-order valence-electron chi connectivity index (χ3n) is 3.57. The fraction of sp³-hybridized carbons (Fsp3) is 0.538. The molecule has 0 N–H and O–H groups in total. The molecule has 88 valence electrons. The predicted octanol–water partition coefficient (Wildman–Crippen LogP) is 5.71. The van der Waals surface area contributed by atoms with Crippen LogP contribution in [0.3, 0.4) is 0 Å². The number of rotatable bonds is 2. The molecule has 1 fully saturated rings. The van der Waals surface area contributed by atoms with Gasteiger partial charge in [-0.1, -0.05) is 49.0 Å². The summed E-state index contributed by atoms with van der Waals surface area (Å²) in [5.41, 5.74) is 1.09. The summed E-state index contributed by atoms with van der Waals surface area (Å²) < 4.78 is 0. The molecule has 3 unspecified atom stereocenters. The van der Waals surface area contributed by atoms with Gasteiger partial charge in [0.2, 0.25) is 0 Å². The predicted molar refractivity (Wildman–Crippen MR) is 71.6 cm³/mol. The van der Waals surface area contributed by atoms with Crippen LogP contribution in [0.25, 0.3) is 0 Å². The number of hydrogen-bond donors (Lipinski definition) is 0. The summed E-state index contributed by atoms with van der Waals surface area (Å²) in [7, 11) is 0. The Hall–Kier alpha value is 0.0900. The zero-order valence-electron chi connectivity index (χ0n) is 9.22. The lowest BCUT2D eigenvalue weighted by atomic mass is 9.90. The van der Waals surface area contributed by atoms with Gasteiger partial charge >= 0.3 is 0 Å². The van der Waals surface area contributed by atoms with Gasteiger partial charge in [0.25, 0.3) is 0 Å². The monoisotopic (exact) mass is 276 g/mol. The molecule has 0 saturated heterocycles. The van der Waals surface area contributed by atoms with Gasteiger partial charge in [-0.3, -0.25) is 0 Å². The van der Waals surface area contributed by atoms with Gasteiger partial charge in [-0.25, -0.2) is 0 Å². The van der Waals surface area contributed by atoms with Crippen molar-refractivity contribution >= 4 is 34.8 Å². The second-order valence-electron chi connectivity index (χ2n) is 4.65. The normalized spacial score (nSPS) is 27.0. The first kappa shape index (κ1) is 12.5. The first-order chi connectivity index (χ1) is 7.59. The highest BCUT2D eigenvalue weighted by Crippen LogP contribution is 2.44. The van der Waals surface area contributed by atoms with Crippen molar-refractivity contribution in [1.82, 2.24) is 0 Å². The van der Waals surface area contributed by atoms with E-state index in [-0.39, 0.29) is 5.38 Å². The molecule has 3 heteroatoms. The Kier molecular flexibility index (Phi) is 4.05. The van der Waals surface area contributed by atoms with Crippen LogP contribution < -0.4 is 0 Å². The minimum atomic E-state index is 0.0623. The lowest BCUT2D eigenvalue weighted by Crippen LogP contribution is -2.10. The second-order valence-corrected chi connectivity index (χ2v) is 5.93. The topological polar surface area (TPSA) is 0 Å². The van der Waals surface area contributed by atoms with E-state index in [1.165, 1.54) is 19.3 Å². The van der Waals surface area contributed by atoms with Crippen LogP contribution in [0.2, 0.25) is 10.0 Å². The lowest BCUT2D eigenvalue weighted by Gasteiger charge is -2.22. The molecule has 0 aromatic heterocycles. The number of benzene rings is 1. The molecule has 2 rings (SSSR count). The largest absolute Gasteiger partial charge is 0.118 e. The summed E-state index contributed by atoms with van der Waals surface area (Å²) in [6.07, 6.45) is 3.79. The van der Waals surface area contributed by atoms with Gasteiger partial charge in [0.15, 0.2) is 0 Å². The zero-order valence-corrected chi connectivity index (χ0v) is 11.5. The minimum Gasteiger partial charge on any atom is -0.118 e. The standard InChI is InChI=1S/C13H15Cl3/c1-8-3-2-4-10(8)13(16)9-5-6-11(14)12(15)7-9/h5-8,10,13H,2-4H2,1H3. The van der Waals surface area contributed by atoms with Crippen LogP contribution >= 0.6 is 34.8 Å². The van der Waals surface area contributed by atoms with Crippen molar-refractivity contribution in [2.45, 2.75) is 31.6 Å². The van der Waals surface area contributed by atoms with E-state index in [2.05, 4.69) is 6.92 Å². The van der Waals surface area contributed by atoms with Crippen molar-refractivity contribution in [2.24, 2.45) is 11.8 Å². The molecule has 1 aromatic rings. The van der Waals surface area contributed by atoms with Gasteiger partial charge in [0.05, 0.1) is 15.4 Å². The SMILES string of the molecule is CC1CCCC1C(Cl)c1ccc(Cl)c(Cl)c1. The van der Waals surface area contributed by atoms with Gasteiger partial charge in [-0.2, -0.15) is 0 Å². The summed E-state index contributed by atoms with van der Waals surface area (Å²) >= 11 is 18.4. The van der Waals surface area contributed by atoms with Crippen LogP contribution in [-0.4, -0.2) is 0 Å². The molecule has 0 spiro atoms. The highest BCUT2D eigenvalue weighted by Gasteiger charge is 2.30. The first-order valence-corrected chi connectivity index (χ1v) is 6.88. The molecule has 1 saturated carbocycles. The molecule has 1 aliphatic carbocycles. The molecule has 0 nitrogen and oxygen atoms in total. The molecule has 0 aliphatic heterocycles. The second kappa shape index (κ2) is 5.16. The highest BCUT2D eigenvalue weighted by molar-refractivity contribution is 6.42. The maximum Gasteiger partial charge on any atom is 0.0616 e. The maximum absolute atomic E-state index is 6.53.